The summed E-state index contributed by atoms with van der Waals surface area (Å²) in [5.74, 6) is -0.156. The van der Waals surface area contributed by atoms with Crippen LogP contribution in [0.3, 0.4) is 0 Å². The molecule has 0 unspecified atom stereocenters. The van der Waals surface area contributed by atoms with Gasteiger partial charge in [0.15, 0.2) is 0 Å². The summed E-state index contributed by atoms with van der Waals surface area (Å²) in [6, 6.07) is 3.80. The van der Waals surface area contributed by atoms with Crippen LogP contribution < -0.4 is 5.32 Å². The van der Waals surface area contributed by atoms with Gasteiger partial charge in [0.2, 0.25) is 11.8 Å². The number of rotatable bonds is 6. The van der Waals surface area contributed by atoms with Crippen molar-refractivity contribution < 1.29 is 9.59 Å². The number of aromatic nitrogens is 1. The highest BCUT2D eigenvalue weighted by atomic mass is 16.2. The summed E-state index contributed by atoms with van der Waals surface area (Å²) in [5.41, 5.74) is 1.94. The molecule has 0 saturated carbocycles. The molecular weight excluding hydrogens is 254 g/mol. The average Bonchev–Trinajstić information content (AvgIpc) is 2.43. The van der Waals surface area contributed by atoms with Gasteiger partial charge < -0.3 is 10.2 Å². The topological polar surface area (TPSA) is 62.3 Å². The average molecular weight is 277 g/mol. The maximum atomic E-state index is 11.9. The van der Waals surface area contributed by atoms with E-state index >= 15 is 0 Å². The van der Waals surface area contributed by atoms with E-state index < -0.39 is 0 Å². The molecule has 0 radical (unpaired) electrons. The fourth-order valence-electron chi connectivity index (χ4n) is 1.78. The molecule has 1 N–H and O–H groups in total. The zero-order valence-electron chi connectivity index (χ0n) is 12.6. The Morgan fingerprint density at radius 2 is 2.00 bits per heavy atom. The minimum absolute atomic E-state index is 0.0401. The maximum Gasteiger partial charge on any atom is 0.222 e. The van der Waals surface area contributed by atoms with Gasteiger partial charge in [-0.2, -0.15) is 0 Å². The minimum Gasteiger partial charge on any atom is -0.349 e. The Kier molecular flexibility index (Phi) is 6.15. The van der Waals surface area contributed by atoms with Crippen molar-refractivity contribution in [1.82, 2.24) is 15.2 Å². The Morgan fingerprint density at radius 3 is 2.50 bits per heavy atom. The predicted molar refractivity (Wildman–Crippen MR) is 78.1 cm³/mol. The summed E-state index contributed by atoms with van der Waals surface area (Å²) >= 11 is 0. The molecule has 0 spiro atoms. The Balaban J connectivity index is 2.54. The molecule has 5 nitrogen and oxygen atoms in total. The van der Waals surface area contributed by atoms with Crippen molar-refractivity contribution in [2.45, 2.75) is 39.2 Å². The number of pyridine rings is 1. The third kappa shape index (κ3) is 4.99. The quantitative estimate of drug-likeness (QED) is 0.863. The lowest BCUT2D eigenvalue weighted by Crippen LogP contribution is -2.30. The van der Waals surface area contributed by atoms with E-state index in [0.29, 0.717) is 0 Å². The van der Waals surface area contributed by atoms with Gasteiger partial charge in [0.25, 0.3) is 0 Å². The van der Waals surface area contributed by atoms with Crippen molar-refractivity contribution >= 4 is 11.8 Å². The molecule has 0 aliphatic rings. The molecule has 1 heterocycles. The highest BCUT2D eigenvalue weighted by Gasteiger charge is 2.15. The zero-order valence-corrected chi connectivity index (χ0v) is 12.6. The van der Waals surface area contributed by atoms with Crippen LogP contribution >= 0.6 is 0 Å². The summed E-state index contributed by atoms with van der Waals surface area (Å²) < 4.78 is 0. The van der Waals surface area contributed by atoms with Gasteiger partial charge in [-0.05, 0) is 25.0 Å². The Labute approximate surface area is 120 Å². The number of amides is 2. The van der Waals surface area contributed by atoms with Crippen LogP contribution in [0.15, 0.2) is 18.3 Å². The standard InChI is InChI=1S/C15H23N3O2/c1-5-12(13-7-6-11(2)10-16-13)17-14(19)8-9-15(20)18(3)4/h6-7,10,12H,5,8-9H2,1-4H3,(H,17,19)/t12-/m0/s1. The van der Waals surface area contributed by atoms with Gasteiger partial charge in [0, 0.05) is 33.1 Å². The van der Waals surface area contributed by atoms with Crippen molar-refractivity contribution in [1.29, 1.82) is 0 Å². The van der Waals surface area contributed by atoms with Gasteiger partial charge in [-0.1, -0.05) is 13.0 Å². The van der Waals surface area contributed by atoms with Crippen LogP contribution in [-0.4, -0.2) is 35.8 Å². The van der Waals surface area contributed by atoms with Gasteiger partial charge in [-0.25, -0.2) is 0 Å². The zero-order chi connectivity index (χ0) is 15.1. The molecule has 2 amide bonds. The summed E-state index contributed by atoms with van der Waals surface area (Å²) in [6.45, 7) is 3.97. The minimum atomic E-state index is -0.116. The van der Waals surface area contributed by atoms with Crippen molar-refractivity contribution in [3.05, 3.63) is 29.6 Å². The van der Waals surface area contributed by atoms with Gasteiger partial charge in [0.1, 0.15) is 0 Å². The number of hydrogen-bond acceptors (Lipinski definition) is 3. The van der Waals surface area contributed by atoms with E-state index in [1.54, 1.807) is 20.3 Å². The van der Waals surface area contributed by atoms with Crippen LogP contribution in [0.25, 0.3) is 0 Å². The first kappa shape index (κ1) is 16.1. The lowest BCUT2D eigenvalue weighted by Gasteiger charge is -2.17. The first-order valence-corrected chi connectivity index (χ1v) is 6.86. The van der Waals surface area contributed by atoms with Gasteiger partial charge >= 0.3 is 0 Å². The van der Waals surface area contributed by atoms with E-state index in [1.165, 1.54) is 4.90 Å². The number of aryl methyl sites for hydroxylation is 1. The Morgan fingerprint density at radius 1 is 1.30 bits per heavy atom. The van der Waals surface area contributed by atoms with E-state index in [4.69, 9.17) is 0 Å². The highest BCUT2D eigenvalue weighted by molar-refractivity contribution is 5.83. The molecule has 0 aliphatic heterocycles. The molecule has 1 rings (SSSR count). The van der Waals surface area contributed by atoms with Crippen LogP contribution in [0.1, 0.15) is 43.5 Å². The molecule has 0 aromatic carbocycles. The lowest BCUT2D eigenvalue weighted by molar-refractivity contribution is -0.131. The first-order valence-electron chi connectivity index (χ1n) is 6.86. The molecule has 0 fully saturated rings. The smallest absolute Gasteiger partial charge is 0.222 e. The summed E-state index contributed by atoms with van der Waals surface area (Å²) in [5, 5.41) is 2.92. The molecule has 1 aromatic heterocycles. The SMILES string of the molecule is CC[C@H](NC(=O)CCC(=O)N(C)C)c1ccc(C)cn1. The van der Waals surface area contributed by atoms with Crippen LogP contribution in [0, 0.1) is 6.92 Å². The van der Waals surface area contributed by atoms with Crippen LogP contribution in [0.4, 0.5) is 0 Å². The third-order valence-electron chi connectivity index (χ3n) is 3.10. The molecule has 0 saturated heterocycles. The number of nitrogens with zero attached hydrogens (tertiary/aromatic N) is 2. The fourth-order valence-corrected chi connectivity index (χ4v) is 1.78. The second kappa shape index (κ2) is 7.62. The van der Waals surface area contributed by atoms with Crippen molar-refractivity contribution in [3.63, 3.8) is 0 Å². The largest absolute Gasteiger partial charge is 0.349 e. The number of nitrogens with one attached hydrogen (secondary N) is 1. The number of carbonyl (C=O) groups is 2. The number of hydrogen-bond donors (Lipinski definition) is 1. The highest BCUT2D eigenvalue weighted by Crippen LogP contribution is 2.14. The lowest BCUT2D eigenvalue weighted by atomic mass is 10.1. The molecule has 110 valence electrons. The Hall–Kier alpha value is -1.91. The van der Waals surface area contributed by atoms with Gasteiger partial charge in [0.05, 0.1) is 11.7 Å². The van der Waals surface area contributed by atoms with E-state index in [1.807, 2.05) is 26.0 Å². The maximum absolute atomic E-state index is 11.9. The first-order chi connectivity index (χ1) is 9.43. The second-order valence-corrected chi connectivity index (χ2v) is 5.08. The fraction of sp³-hybridized carbons (Fsp3) is 0.533. The van der Waals surface area contributed by atoms with Crippen molar-refractivity contribution in [3.8, 4) is 0 Å². The molecule has 5 heteroatoms. The summed E-state index contributed by atoms with van der Waals surface area (Å²) in [6.07, 6.45) is 3.00. The predicted octanol–water partition coefficient (Wildman–Crippen LogP) is 1.83. The normalized spacial score (nSPS) is 11.8. The summed E-state index contributed by atoms with van der Waals surface area (Å²) in [7, 11) is 3.37. The van der Waals surface area contributed by atoms with Crippen LogP contribution in [-0.2, 0) is 9.59 Å². The molecule has 0 bridgehead atoms. The molecule has 20 heavy (non-hydrogen) atoms. The molecule has 1 atom stereocenters. The van der Waals surface area contributed by atoms with E-state index in [2.05, 4.69) is 10.3 Å². The van der Waals surface area contributed by atoms with Crippen molar-refractivity contribution in [2.24, 2.45) is 0 Å². The van der Waals surface area contributed by atoms with Gasteiger partial charge in [-0.3, -0.25) is 14.6 Å². The van der Waals surface area contributed by atoms with E-state index in [-0.39, 0.29) is 30.7 Å². The second-order valence-electron chi connectivity index (χ2n) is 5.08. The molecular formula is C15H23N3O2. The summed E-state index contributed by atoms with van der Waals surface area (Å²) in [4.78, 5) is 29.1. The van der Waals surface area contributed by atoms with E-state index in [0.717, 1.165) is 17.7 Å². The van der Waals surface area contributed by atoms with Crippen LogP contribution in [0.2, 0.25) is 0 Å². The van der Waals surface area contributed by atoms with E-state index in [9.17, 15) is 9.59 Å². The third-order valence-corrected chi connectivity index (χ3v) is 3.10. The van der Waals surface area contributed by atoms with Crippen molar-refractivity contribution in [2.75, 3.05) is 14.1 Å². The van der Waals surface area contributed by atoms with Crippen LogP contribution in [0.5, 0.6) is 0 Å². The molecule has 1 aromatic rings. The van der Waals surface area contributed by atoms with Gasteiger partial charge in [-0.15, -0.1) is 0 Å². The monoisotopic (exact) mass is 277 g/mol. The number of carbonyl (C=O) groups excluding carboxylic acids is 2. The molecule has 0 aliphatic carbocycles. The Bertz CT molecular complexity index is 455.